The summed E-state index contributed by atoms with van der Waals surface area (Å²) in [6, 6.07) is 8.69. The van der Waals surface area contributed by atoms with Gasteiger partial charge in [-0.1, -0.05) is 44.0 Å². The van der Waals surface area contributed by atoms with Gasteiger partial charge in [0.1, 0.15) is 0 Å². The Labute approximate surface area is 98.7 Å². The van der Waals surface area contributed by atoms with E-state index in [1.54, 1.807) is 0 Å². The molecule has 1 aromatic carbocycles. The molecular weight excluding hydrogens is 198 g/mol. The van der Waals surface area contributed by atoms with Crippen LogP contribution in [0.15, 0.2) is 24.3 Å². The van der Waals surface area contributed by atoms with E-state index in [9.17, 15) is 0 Å². The van der Waals surface area contributed by atoms with Crippen molar-refractivity contribution in [1.82, 2.24) is 5.32 Å². The van der Waals surface area contributed by atoms with E-state index in [0.717, 1.165) is 12.1 Å². The smallest absolute Gasteiger partial charge is 0.0681 e. The Morgan fingerprint density at radius 2 is 1.81 bits per heavy atom. The number of nitrogens with one attached hydrogen (secondary N) is 1. The van der Waals surface area contributed by atoms with Crippen LogP contribution in [-0.2, 0) is 13.2 Å². The van der Waals surface area contributed by atoms with Gasteiger partial charge in [0.15, 0.2) is 0 Å². The van der Waals surface area contributed by atoms with Gasteiger partial charge in [-0.15, -0.1) is 0 Å². The molecule has 0 aromatic heterocycles. The summed E-state index contributed by atoms with van der Waals surface area (Å²) < 4.78 is 0. The fraction of sp³-hybridized carbons (Fsp3) is 0.571. The van der Waals surface area contributed by atoms with E-state index in [0.29, 0.717) is 6.04 Å². The molecule has 0 bridgehead atoms. The zero-order valence-corrected chi connectivity index (χ0v) is 10.4. The van der Waals surface area contributed by atoms with Crippen molar-refractivity contribution in [2.45, 2.75) is 52.3 Å². The van der Waals surface area contributed by atoms with E-state index >= 15 is 0 Å². The van der Waals surface area contributed by atoms with Crippen molar-refractivity contribution in [1.29, 1.82) is 0 Å². The summed E-state index contributed by atoms with van der Waals surface area (Å²) in [6.07, 6.45) is 3.79. The predicted molar refractivity (Wildman–Crippen MR) is 68.2 cm³/mol. The van der Waals surface area contributed by atoms with Crippen molar-refractivity contribution in [2.75, 3.05) is 0 Å². The molecule has 16 heavy (non-hydrogen) atoms. The molecule has 0 spiro atoms. The lowest BCUT2D eigenvalue weighted by atomic mass is 10.1. The fourth-order valence-corrected chi connectivity index (χ4v) is 1.67. The first kappa shape index (κ1) is 13.2. The van der Waals surface area contributed by atoms with Crippen molar-refractivity contribution in [3.63, 3.8) is 0 Å². The Morgan fingerprint density at radius 1 is 1.19 bits per heavy atom. The molecule has 0 aliphatic carbocycles. The molecule has 0 radical (unpaired) electrons. The van der Waals surface area contributed by atoms with Gasteiger partial charge >= 0.3 is 0 Å². The summed E-state index contributed by atoms with van der Waals surface area (Å²) in [5.74, 6) is 0. The van der Waals surface area contributed by atoms with E-state index in [2.05, 4.69) is 31.3 Å². The maximum Gasteiger partial charge on any atom is 0.0681 e. The Kier molecular flexibility index (Phi) is 6.12. The van der Waals surface area contributed by atoms with Crippen LogP contribution in [0.5, 0.6) is 0 Å². The standard InChI is InChI=1S/C14H23NO/c1-3-4-5-12(2)15-10-13-6-8-14(11-16)9-7-13/h6-9,12,15-16H,3-5,10-11H2,1-2H3. The average molecular weight is 221 g/mol. The van der Waals surface area contributed by atoms with Gasteiger partial charge < -0.3 is 10.4 Å². The SMILES string of the molecule is CCCCC(C)NCc1ccc(CO)cc1. The van der Waals surface area contributed by atoms with Crippen LogP contribution in [0.25, 0.3) is 0 Å². The second-order valence-corrected chi connectivity index (χ2v) is 4.40. The fourth-order valence-electron chi connectivity index (χ4n) is 1.67. The molecule has 1 unspecified atom stereocenters. The van der Waals surface area contributed by atoms with Crippen molar-refractivity contribution in [3.8, 4) is 0 Å². The van der Waals surface area contributed by atoms with E-state index in [1.807, 2.05) is 12.1 Å². The maximum atomic E-state index is 8.93. The summed E-state index contributed by atoms with van der Waals surface area (Å²) in [5.41, 5.74) is 2.25. The largest absolute Gasteiger partial charge is 0.392 e. The van der Waals surface area contributed by atoms with Gasteiger partial charge in [0.2, 0.25) is 0 Å². The number of hydrogen-bond donors (Lipinski definition) is 2. The topological polar surface area (TPSA) is 32.3 Å². The molecule has 0 heterocycles. The highest BCUT2D eigenvalue weighted by Gasteiger charge is 2.00. The van der Waals surface area contributed by atoms with Crippen LogP contribution >= 0.6 is 0 Å². The molecule has 0 aliphatic heterocycles. The minimum atomic E-state index is 0.126. The third-order valence-electron chi connectivity index (χ3n) is 2.85. The molecule has 0 saturated carbocycles. The third kappa shape index (κ3) is 4.77. The van der Waals surface area contributed by atoms with Gasteiger partial charge in [-0.05, 0) is 24.5 Å². The van der Waals surface area contributed by atoms with Gasteiger partial charge in [0.05, 0.1) is 6.61 Å². The minimum absolute atomic E-state index is 0.126. The number of aliphatic hydroxyl groups excluding tert-OH is 1. The Morgan fingerprint density at radius 3 is 2.38 bits per heavy atom. The quantitative estimate of drug-likeness (QED) is 0.742. The lowest BCUT2D eigenvalue weighted by Crippen LogP contribution is -2.25. The summed E-state index contributed by atoms with van der Waals surface area (Å²) >= 11 is 0. The van der Waals surface area contributed by atoms with Gasteiger partial charge in [-0.25, -0.2) is 0 Å². The highest BCUT2D eigenvalue weighted by Crippen LogP contribution is 2.05. The Balaban J connectivity index is 2.30. The van der Waals surface area contributed by atoms with E-state index in [-0.39, 0.29) is 6.61 Å². The van der Waals surface area contributed by atoms with Gasteiger partial charge in [-0.3, -0.25) is 0 Å². The van der Waals surface area contributed by atoms with Crippen LogP contribution in [0, 0.1) is 0 Å². The first-order chi connectivity index (χ1) is 7.76. The number of unbranched alkanes of at least 4 members (excludes halogenated alkanes) is 1. The van der Waals surface area contributed by atoms with Crippen LogP contribution < -0.4 is 5.32 Å². The van der Waals surface area contributed by atoms with Gasteiger partial charge in [-0.2, -0.15) is 0 Å². The lowest BCUT2D eigenvalue weighted by Gasteiger charge is -2.13. The van der Waals surface area contributed by atoms with Gasteiger partial charge in [0.25, 0.3) is 0 Å². The number of aliphatic hydroxyl groups is 1. The predicted octanol–water partition coefficient (Wildman–Crippen LogP) is 2.85. The third-order valence-corrected chi connectivity index (χ3v) is 2.85. The van der Waals surface area contributed by atoms with Crippen LogP contribution in [0.1, 0.15) is 44.2 Å². The second-order valence-electron chi connectivity index (χ2n) is 4.40. The van der Waals surface area contributed by atoms with E-state index in [4.69, 9.17) is 5.11 Å². The Hall–Kier alpha value is -0.860. The zero-order chi connectivity index (χ0) is 11.8. The van der Waals surface area contributed by atoms with Crippen LogP contribution in [0.4, 0.5) is 0 Å². The maximum absolute atomic E-state index is 8.93. The van der Waals surface area contributed by atoms with Crippen LogP contribution in [-0.4, -0.2) is 11.1 Å². The molecule has 1 aromatic rings. The van der Waals surface area contributed by atoms with Gasteiger partial charge in [0, 0.05) is 12.6 Å². The van der Waals surface area contributed by atoms with Crippen LogP contribution in [0.3, 0.4) is 0 Å². The number of benzene rings is 1. The van der Waals surface area contributed by atoms with Crippen LogP contribution in [0.2, 0.25) is 0 Å². The number of hydrogen-bond acceptors (Lipinski definition) is 2. The summed E-state index contributed by atoms with van der Waals surface area (Å²) in [7, 11) is 0. The summed E-state index contributed by atoms with van der Waals surface area (Å²) in [6.45, 7) is 5.50. The molecule has 0 saturated heterocycles. The summed E-state index contributed by atoms with van der Waals surface area (Å²) in [5, 5.41) is 12.4. The molecule has 2 heteroatoms. The zero-order valence-electron chi connectivity index (χ0n) is 10.4. The molecule has 90 valence electrons. The highest BCUT2D eigenvalue weighted by atomic mass is 16.3. The normalized spacial score (nSPS) is 12.7. The molecule has 2 nitrogen and oxygen atoms in total. The van der Waals surface area contributed by atoms with Crippen molar-refractivity contribution in [3.05, 3.63) is 35.4 Å². The second kappa shape index (κ2) is 7.42. The molecule has 0 aliphatic rings. The van der Waals surface area contributed by atoms with E-state index < -0.39 is 0 Å². The lowest BCUT2D eigenvalue weighted by molar-refractivity contribution is 0.282. The number of rotatable bonds is 7. The first-order valence-electron chi connectivity index (χ1n) is 6.18. The average Bonchev–Trinajstić information content (AvgIpc) is 2.34. The molecular formula is C14H23NO. The van der Waals surface area contributed by atoms with E-state index in [1.165, 1.54) is 24.8 Å². The molecule has 0 amide bonds. The molecule has 2 N–H and O–H groups in total. The molecule has 1 rings (SSSR count). The highest BCUT2D eigenvalue weighted by molar-refractivity contribution is 5.21. The van der Waals surface area contributed by atoms with Crippen molar-refractivity contribution >= 4 is 0 Å². The summed E-state index contributed by atoms with van der Waals surface area (Å²) in [4.78, 5) is 0. The Bertz CT molecular complexity index is 281. The van der Waals surface area contributed by atoms with Crippen molar-refractivity contribution in [2.24, 2.45) is 0 Å². The monoisotopic (exact) mass is 221 g/mol. The minimum Gasteiger partial charge on any atom is -0.392 e. The molecule has 1 atom stereocenters. The molecule has 0 fully saturated rings. The van der Waals surface area contributed by atoms with Crippen molar-refractivity contribution < 1.29 is 5.11 Å². The first-order valence-corrected chi connectivity index (χ1v) is 6.18.